The first-order chi connectivity index (χ1) is 13.5. The molecule has 8 heteroatoms. The molecule has 0 saturated heterocycles. The van der Waals surface area contributed by atoms with E-state index < -0.39 is 0 Å². The average Bonchev–Trinajstić information content (AvgIpc) is 3.05. The molecule has 0 atom stereocenters. The third-order valence-electron chi connectivity index (χ3n) is 4.04. The van der Waals surface area contributed by atoms with E-state index in [9.17, 15) is 4.79 Å². The van der Waals surface area contributed by atoms with Crippen molar-refractivity contribution in [3.63, 3.8) is 0 Å². The number of aromatic nitrogens is 2. The first-order valence-corrected chi connectivity index (χ1v) is 8.87. The third kappa shape index (κ3) is 4.14. The standard InChI is InChI=1S/C20H18ClN5O2/c1-26-19(17(21)12-24-26)16-10-15(6-7-18(16)28-9-8-22)25-20(27)14-4-2-13(11-23)3-5-14/h2-7,10,12H,8-9,22H2,1H3,(H,25,27). The molecule has 1 heterocycles. The van der Waals surface area contributed by atoms with Crippen LogP contribution in [0.2, 0.25) is 5.02 Å². The summed E-state index contributed by atoms with van der Waals surface area (Å²) in [6.45, 7) is 0.717. The van der Waals surface area contributed by atoms with E-state index in [1.807, 2.05) is 6.07 Å². The van der Waals surface area contributed by atoms with E-state index in [1.165, 1.54) is 0 Å². The second kappa shape index (κ2) is 8.57. The molecule has 0 aliphatic carbocycles. The minimum atomic E-state index is -0.290. The van der Waals surface area contributed by atoms with Crippen molar-refractivity contribution in [3.05, 3.63) is 64.8 Å². The van der Waals surface area contributed by atoms with E-state index in [2.05, 4.69) is 10.4 Å². The summed E-state index contributed by atoms with van der Waals surface area (Å²) in [6, 6.07) is 13.7. The molecule has 3 N–H and O–H groups in total. The lowest BCUT2D eigenvalue weighted by Crippen LogP contribution is -2.13. The van der Waals surface area contributed by atoms with E-state index in [4.69, 9.17) is 27.3 Å². The van der Waals surface area contributed by atoms with Gasteiger partial charge in [-0.3, -0.25) is 9.48 Å². The normalized spacial score (nSPS) is 10.4. The van der Waals surface area contributed by atoms with Crippen LogP contribution in [-0.2, 0) is 7.05 Å². The molecule has 0 fully saturated rings. The highest BCUT2D eigenvalue weighted by atomic mass is 35.5. The number of carbonyl (C=O) groups is 1. The predicted octanol–water partition coefficient (Wildman–Crippen LogP) is 3.20. The number of hydrogen-bond acceptors (Lipinski definition) is 5. The maximum absolute atomic E-state index is 12.5. The molecular formula is C20H18ClN5O2. The van der Waals surface area contributed by atoms with Crippen molar-refractivity contribution in [2.24, 2.45) is 12.8 Å². The summed E-state index contributed by atoms with van der Waals surface area (Å²) in [5, 5.41) is 16.3. The number of benzene rings is 2. The number of halogens is 1. The summed E-state index contributed by atoms with van der Waals surface area (Å²) < 4.78 is 7.36. The zero-order valence-corrected chi connectivity index (χ0v) is 15.9. The highest BCUT2D eigenvalue weighted by Crippen LogP contribution is 2.36. The first-order valence-electron chi connectivity index (χ1n) is 8.49. The van der Waals surface area contributed by atoms with Gasteiger partial charge in [-0.2, -0.15) is 10.4 Å². The lowest BCUT2D eigenvalue weighted by atomic mass is 10.1. The Balaban J connectivity index is 1.92. The van der Waals surface area contributed by atoms with Gasteiger partial charge >= 0.3 is 0 Å². The number of nitrogens with two attached hydrogens (primary N) is 1. The van der Waals surface area contributed by atoms with Gasteiger partial charge in [-0.1, -0.05) is 11.6 Å². The SMILES string of the molecule is Cn1ncc(Cl)c1-c1cc(NC(=O)c2ccc(C#N)cc2)ccc1OCCN. The Morgan fingerprint density at radius 3 is 2.68 bits per heavy atom. The Labute approximate surface area is 167 Å². The van der Waals surface area contributed by atoms with Gasteiger partial charge < -0.3 is 15.8 Å². The van der Waals surface area contributed by atoms with Gasteiger partial charge in [0.2, 0.25) is 0 Å². The molecule has 28 heavy (non-hydrogen) atoms. The Morgan fingerprint density at radius 2 is 2.07 bits per heavy atom. The van der Waals surface area contributed by atoms with Crippen molar-refractivity contribution in [2.45, 2.75) is 0 Å². The van der Waals surface area contributed by atoms with Gasteiger partial charge in [0.25, 0.3) is 5.91 Å². The largest absolute Gasteiger partial charge is 0.492 e. The summed E-state index contributed by atoms with van der Waals surface area (Å²) >= 11 is 6.29. The molecule has 3 rings (SSSR count). The fourth-order valence-corrected chi connectivity index (χ4v) is 2.97. The van der Waals surface area contributed by atoms with Crippen LogP contribution >= 0.6 is 11.6 Å². The van der Waals surface area contributed by atoms with Gasteiger partial charge in [0.1, 0.15) is 12.4 Å². The molecule has 0 aliphatic heterocycles. The van der Waals surface area contributed by atoms with Gasteiger partial charge in [-0.25, -0.2) is 0 Å². The van der Waals surface area contributed by atoms with Crippen molar-refractivity contribution in [1.29, 1.82) is 5.26 Å². The molecule has 3 aromatic rings. The molecule has 1 amide bonds. The van der Waals surface area contributed by atoms with Crippen LogP contribution in [0.15, 0.2) is 48.7 Å². The van der Waals surface area contributed by atoms with Crippen molar-refractivity contribution >= 4 is 23.2 Å². The number of rotatable bonds is 6. The Morgan fingerprint density at radius 1 is 1.32 bits per heavy atom. The topological polar surface area (TPSA) is 106 Å². The van der Waals surface area contributed by atoms with Crippen molar-refractivity contribution in [2.75, 3.05) is 18.5 Å². The van der Waals surface area contributed by atoms with Gasteiger partial charge in [0.15, 0.2) is 0 Å². The fourth-order valence-electron chi connectivity index (χ4n) is 2.70. The number of carbonyl (C=O) groups excluding carboxylic acids is 1. The quantitative estimate of drug-likeness (QED) is 0.666. The zero-order valence-electron chi connectivity index (χ0n) is 15.1. The number of nitriles is 1. The molecule has 0 spiro atoms. The van der Waals surface area contributed by atoms with E-state index in [1.54, 1.807) is 60.4 Å². The van der Waals surface area contributed by atoms with E-state index in [0.29, 0.717) is 52.0 Å². The van der Waals surface area contributed by atoms with Gasteiger partial charge in [0.05, 0.1) is 28.5 Å². The molecule has 7 nitrogen and oxygen atoms in total. The molecule has 0 bridgehead atoms. The summed E-state index contributed by atoms with van der Waals surface area (Å²) in [5.74, 6) is 0.300. The third-order valence-corrected chi connectivity index (χ3v) is 4.31. The van der Waals surface area contributed by atoms with Crippen LogP contribution in [0.1, 0.15) is 15.9 Å². The first kappa shape index (κ1) is 19.4. The summed E-state index contributed by atoms with van der Waals surface area (Å²) in [5.41, 5.74) is 8.41. The zero-order chi connectivity index (χ0) is 20.1. The smallest absolute Gasteiger partial charge is 0.255 e. The van der Waals surface area contributed by atoms with Crippen molar-refractivity contribution in [3.8, 4) is 23.1 Å². The number of amides is 1. The molecule has 2 aromatic carbocycles. The van der Waals surface area contributed by atoms with Crippen LogP contribution in [0.5, 0.6) is 5.75 Å². The highest BCUT2D eigenvalue weighted by Gasteiger charge is 2.16. The molecule has 0 saturated carbocycles. The minimum Gasteiger partial charge on any atom is -0.492 e. The summed E-state index contributed by atoms with van der Waals surface area (Å²) in [4.78, 5) is 12.5. The molecular weight excluding hydrogens is 378 g/mol. The Kier molecular flexibility index (Phi) is 5.94. The second-order valence-corrected chi connectivity index (χ2v) is 6.36. The number of nitrogens with zero attached hydrogens (tertiary/aromatic N) is 3. The highest BCUT2D eigenvalue weighted by molar-refractivity contribution is 6.33. The van der Waals surface area contributed by atoms with Crippen LogP contribution < -0.4 is 15.8 Å². The fraction of sp³-hybridized carbons (Fsp3) is 0.150. The number of ether oxygens (including phenoxy) is 1. The van der Waals surface area contributed by atoms with Crippen LogP contribution in [-0.4, -0.2) is 28.8 Å². The number of hydrogen-bond donors (Lipinski definition) is 2. The van der Waals surface area contributed by atoms with E-state index in [-0.39, 0.29) is 5.91 Å². The van der Waals surface area contributed by atoms with Crippen LogP contribution in [0, 0.1) is 11.3 Å². The molecule has 142 valence electrons. The maximum Gasteiger partial charge on any atom is 0.255 e. The van der Waals surface area contributed by atoms with Crippen LogP contribution in [0.25, 0.3) is 11.3 Å². The molecule has 0 unspecified atom stereocenters. The van der Waals surface area contributed by atoms with E-state index >= 15 is 0 Å². The number of anilines is 1. The predicted molar refractivity (Wildman–Crippen MR) is 107 cm³/mol. The van der Waals surface area contributed by atoms with Crippen LogP contribution in [0.3, 0.4) is 0 Å². The Bertz CT molecular complexity index is 1020. The summed E-state index contributed by atoms with van der Waals surface area (Å²) in [7, 11) is 1.77. The number of aryl methyl sites for hydroxylation is 1. The minimum absolute atomic E-state index is 0.290. The summed E-state index contributed by atoms with van der Waals surface area (Å²) in [6.07, 6.45) is 1.55. The lowest BCUT2D eigenvalue weighted by molar-refractivity contribution is 0.102. The van der Waals surface area contributed by atoms with Crippen LogP contribution in [0.4, 0.5) is 5.69 Å². The monoisotopic (exact) mass is 395 g/mol. The van der Waals surface area contributed by atoms with Crippen molar-refractivity contribution in [1.82, 2.24) is 9.78 Å². The van der Waals surface area contributed by atoms with E-state index in [0.717, 1.165) is 0 Å². The van der Waals surface area contributed by atoms with Gasteiger partial charge in [0, 0.05) is 30.4 Å². The van der Waals surface area contributed by atoms with Crippen molar-refractivity contribution < 1.29 is 9.53 Å². The second-order valence-electron chi connectivity index (χ2n) is 5.96. The number of nitrogens with one attached hydrogen (secondary N) is 1. The molecule has 0 aliphatic rings. The molecule has 1 aromatic heterocycles. The average molecular weight is 396 g/mol. The molecule has 0 radical (unpaired) electrons. The van der Waals surface area contributed by atoms with Gasteiger partial charge in [-0.15, -0.1) is 0 Å². The lowest BCUT2D eigenvalue weighted by Gasteiger charge is -2.14. The van der Waals surface area contributed by atoms with Gasteiger partial charge in [-0.05, 0) is 42.5 Å². The maximum atomic E-state index is 12.5. The Hall–Kier alpha value is -3.34.